The molecule has 0 radical (unpaired) electrons. The number of nitriles is 1. The second kappa shape index (κ2) is 12.8. The van der Waals surface area contributed by atoms with Crippen molar-refractivity contribution in [2.24, 2.45) is 0 Å². The number of nitro groups is 1. The minimum atomic E-state index is -0.521. The highest BCUT2D eigenvalue weighted by Crippen LogP contribution is 2.37. The van der Waals surface area contributed by atoms with Crippen LogP contribution in [0, 0.1) is 21.4 Å². The number of nitrogens with zero attached hydrogens (tertiary/aromatic N) is 3. The molecular formula is C30H25N5O4S2. The number of hydrogen-bond acceptors (Lipinski definition) is 8. The molecular weight excluding hydrogens is 558 g/mol. The van der Waals surface area contributed by atoms with E-state index in [0.29, 0.717) is 21.8 Å². The normalized spacial score (nSPS) is 12.7. The Morgan fingerprint density at radius 2 is 1.83 bits per heavy atom. The van der Waals surface area contributed by atoms with Gasteiger partial charge in [-0.25, -0.2) is 0 Å². The van der Waals surface area contributed by atoms with Crippen LogP contribution in [0.15, 0.2) is 83.8 Å². The van der Waals surface area contributed by atoms with Gasteiger partial charge in [0.1, 0.15) is 11.1 Å². The minimum absolute atomic E-state index is 0.0899. The molecule has 3 aromatic carbocycles. The van der Waals surface area contributed by atoms with Crippen molar-refractivity contribution in [3.8, 4) is 6.07 Å². The number of nitrogens with one attached hydrogen (secondary N) is 2. The largest absolute Gasteiger partial charge is 0.322 e. The smallest absolute Gasteiger partial charge is 0.269 e. The number of amides is 2. The summed E-state index contributed by atoms with van der Waals surface area (Å²) >= 11 is 2.79. The van der Waals surface area contributed by atoms with Gasteiger partial charge in [-0.2, -0.15) is 5.26 Å². The highest BCUT2D eigenvalue weighted by atomic mass is 32.2. The Hall–Kier alpha value is -4.50. The van der Waals surface area contributed by atoms with Gasteiger partial charge < -0.3 is 10.6 Å². The number of nitro benzene ring substituents is 1. The maximum Gasteiger partial charge on any atom is 0.269 e. The van der Waals surface area contributed by atoms with E-state index in [-0.39, 0.29) is 17.3 Å². The molecule has 2 amide bonds. The van der Waals surface area contributed by atoms with Crippen molar-refractivity contribution in [2.45, 2.75) is 24.4 Å². The van der Waals surface area contributed by atoms with Crippen molar-refractivity contribution in [1.29, 1.82) is 5.26 Å². The summed E-state index contributed by atoms with van der Waals surface area (Å²) in [6.45, 7) is 2.44. The number of benzene rings is 3. The van der Waals surface area contributed by atoms with Gasteiger partial charge in [0.05, 0.1) is 16.2 Å². The average Bonchev–Trinajstić information content (AvgIpc) is 3.32. The Kier molecular flexibility index (Phi) is 8.74. The summed E-state index contributed by atoms with van der Waals surface area (Å²) in [5.74, 6) is -0.479. The predicted molar refractivity (Wildman–Crippen MR) is 160 cm³/mol. The molecule has 2 N–H and O–H groups in total. The van der Waals surface area contributed by atoms with E-state index in [9.17, 15) is 25.0 Å². The Labute approximate surface area is 245 Å². The highest BCUT2D eigenvalue weighted by molar-refractivity contribution is 8.00. The Morgan fingerprint density at radius 1 is 1.05 bits per heavy atom. The van der Waals surface area contributed by atoms with E-state index in [2.05, 4.69) is 33.7 Å². The van der Waals surface area contributed by atoms with E-state index in [0.717, 1.165) is 41.4 Å². The molecule has 1 aliphatic rings. The molecule has 0 aliphatic carbocycles. The van der Waals surface area contributed by atoms with Crippen molar-refractivity contribution < 1.29 is 14.5 Å². The SMILES string of the molecule is N#Cc1c(NC(=O)CSc2cccc(NC(=O)c3ccc([N+](=O)[O-])cc3)c2)sc2c1CCN(Cc1ccccc1)C2. The summed E-state index contributed by atoms with van der Waals surface area (Å²) in [6.07, 6.45) is 0.768. The van der Waals surface area contributed by atoms with Crippen LogP contribution in [-0.2, 0) is 24.3 Å². The van der Waals surface area contributed by atoms with Gasteiger partial charge in [-0.1, -0.05) is 36.4 Å². The summed E-state index contributed by atoms with van der Waals surface area (Å²) in [7, 11) is 0. The van der Waals surface area contributed by atoms with Gasteiger partial charge in [0.2, 0.25) is 5.91 Å². The zero-order valence-electron chi connectivity index (χ0n) is 21.8. The fourth-order valence-corrected chi connectivity index (χ4v) is 6.56. The number of fused-ring (bicyclic) bond motifs is 1. The third-order valence-corrected chi connectivity index (χ3v) is 8.68. The third-order valence-electron chi connectivity index (χ3n) is 6.55. The molecule has 0 fully saturated rings. The van der Waals surface area contributed by atoms with E-state index in [1.165, 1.54) is 52.9 Å². The zero-order valence-corrected chi connectivity index (χ0v) is 23.5. The second-order valence-corrected chi connectivity index (χ2v) is 11.5. The number of hydrogen-bond donors (Lipinski definition) is 2. The quantitative estimate of drug-likeness (QED) is 0.139. The molecule has 1 aliphatic heterocycles. The Balaban J connectivity index is 1.17. The lowest BCUT2D eigenvalue weighted by molar-refractivity contribution is -0.384. The van der Waals surface area contributed by atoms with Crippen LogP contribution < -0.4 is 10.6 Å². The van der Waals surface area contributed by atoms with Gasteiger partial charge in [0.15, 0.2) is 0 Å². The molecule has 5 rings (SSSR count). The molecule has 1 aromatic heterocycles. The van der Waals surface area contributed by atoms with Crippen LogP contribution in [0.2, 0.25) is 0 Å². The standard InChI is InChI=1S/C30H25N5O4S2/c31-16-26-25-13-14-34(17-20-5-2-1-3-6-20)18-27(25)41-30(26)33-28(36)19-40-24-8-4-7-22(15-24)32-29(37)21-9-11-23(12-10-21)35(38)39/h1-12,15H,13-14,17-19H2,(H,32,37)(H,33,36). The number of carbonyl (C=O) groups is 2. The topological polar surface area (TPSA) is 128 Å². The van der Waals surface area contributed by atoms with Gasteiger partial charge >= 0.3 is 0 Å². The minimum Gasteiger partial charge on any atom is -0.322 e. The fourth-order valence-electron chi connectivity index (χ4n) is 4.55. The molecule has 0 unspecified atom stereocenters. The molecule has 0 atom stereocenters. The van der Waals surface area contributed by atoms with Crippen molar-refractivity contribution in [3.05, 3.63) is 116 Å². The highest BCUT2D eigenvalue weighted by Gasteiger charge is 2.25. The molecule has 41 heavy (non-hydrogen) atoms. The molecule has 0 spiro atoms. The number of thiophene rings is 1. The molecule has 0 bridgehead atoms. The zero-order chi connectivity index (χ0) is 28.8. The number of rotatable bonds is 9. The van der Waals surface area contributed by atoms with Crippen molar-refractivity contribution in [2.75, 3.05) is 22.9 Å². The monoisotopic (exact) mass is 583 g/mol. The third kappa shape index (κ3) is 6.99. The lowest BCUT2D eigenvalue weighted by Gasteiger charge is -2.26. The summed E-state index contributed by atoms with van der Waals surface area (Å²) in [6, 6.07) is 25.0. The van der Waals surface area contributed by atoms with E-state index in [1.807, 2.05) is 24.3 Å². The maximum atomic E-state index is 12.8. The first kappa shape index (κ1) is 28.0. The van der Waals surface area contributed by atoms with Gasteiger partial charge in [0.25, 0.3) is 11.6 Å². The number of thioether (sulfide) groups is 1. The van der Waals surface area contributed by atoms with Gasteiger partial charge in [0, 0.05) is 52.8 Å². The van der Waals surface area contributed by atoms with Crippen LogP contribution in [0.5, 0.6) is 0 Å². The molecule has 2 heterocycles. The van der Waals surface area contributed by atoms with E-state index in [4.69, 9.17) is 0 Å². The van der Waals surface area contributed by atoms with Crippen LogP contribution in [0.4, 0.5) is 16.4 Å². The second-order valence-electron chi connectivity index (χ2n) is 9.39. The lowest BCUT2D eigenvalue weighted by atomic mass is 10.0. The molecule has 0 saturated carbocycles. The van der Waals surface area contributed by atoms with Crippen molar-refractivity contribution in [3.63, 3.8) is 0 Å². The maximum absolute atomic E-state index is 12.8. The van der Waals surface area contributed by atoms with Crippen LogP contribution in [0.25, 0.3) is 0 Å². The van der Waals surface area contributed by atoms with Crippen LogP contribution >= 0.6 is 23.1 Å². The first-order valence-corrected chi connectivity index (χ1v) is 14.6. The number of non-ortho nitro benzene ring substituents is 1. The Morgan fingerprint density at radius 3 is 2.56 bits per heavy atom. The number of carbonyl (C=O) groups excluding carboxylic acids is 2. The van der Waals surface area contributed by atoms with E-state index >= 15 is 0 Å². The Bertz CT molecular complexity index is 1630. The van der Waals surface area contributed by atoms with Crippen molar-refractivity contribution in [1.82, 2.24) is 4.90 Å². The summed E-state index contributed by atoms with van der Waals surface area (Å²) in [5.41, 5.74) is 3.57. The molecule has 9 nitrogen and oxygen atoms in total. The van der Waals surface area contributed by atoms with E-state index < -0.39 is 10.8 Å². The molecule has 4 aromatic rings. The number of anilines is 2. The van der Waals surface area contributed by atoms with Gasteiger partial charge in [-0.15, -0.1) is 23.1 Å². The van der Waals surface area contributed by atoms with Crippen LogP contribution in [-0.4, -0.2) is 33.9 Å². The average molecular weight is 584 g/mol. The lowest BCUT2D eigenvalue weighted by Crippen LogP contribution is -2.29. The first-order valence-electron chi connectivity index (χ1n) is 12.8. The molecule has 0 saturated heterocycles. The summed E-state index contributed by atoms with van der Waals surface area (Å²) in [4.78, 5) is 39.9. The summed E-state index contributed by atoms with van der Waals surface area (Å²) in [5, 5.41) is 27.0. The first-order chi connectivity index (χ1) is 19.9. The molecule has 11 heteroatoms. The fraction of sp³-hybridized carbons (Fsp3) is 0.167. The summed E-state index contributed by atoms with van der Waals surface area (Å²) < 4.78 is 0. The molecule has 206 valence electrons. The van der Waals surface area contributed by atoms with Crippen molar-refractivity contribution >= 4 is 51.3 Å². The van der Waals surface area contributed by atoms with Gasteiger partial charge in [-0.3, -0.25) is 24.6 Å². The van der Waals surface area contributed by atoms with Crippen LogP contribution in [0.3, 0.4) is 0 Å². The van der Waals surface area contributed by atoms with Crippen LogP contribution in [0.1, 0.15) is 31.9 Å². The predicted octanol–water partition coefficient (Wildman–Crippen LogP) is 6.07. The van der Waals surface area contributed by atoms with E-state index in [1.54, 1.807) is 18.2 Å². The van der Waals surface area contributed by atoms with Gasteiger partial charge in [-0.05, 0) is 47.9 Å².